The van der Waals surface area contributed by atoms with Gasteiger partial charge in [-0.25, -0.2) is 14.8 Å². The molecule has 8 rings (SSSR count). The average molecular weight is 813 g/mol. The van der Waals surface area contributed by atoms with Crippen LogP contribution < -0.4 is 21.7 Å². The minimum atomic E-state index is -1.11. The first kappa shape index (κ1) is 41.7. The number of aromatic hydroxyl groups is 1. The highest BCUT2D eigenvalue weighted by atomic mass is 16.6. The van der Waals surface area contributed by atoms with E-state index in [0.29, 0.717) is 30.4 Å². The average Bonchev–Trinajstić information content (AvgIpc) is 3.88. The molecule has 16 heteroatoms. The number of carbonyl (C=O) groups excluding carboxylic acids is 3. The number of imidazole rings is 2. The molecule has 4 saturated carbocycles. The van der Waals surface area contributed by atoms with Gasteiger partial charge in [0.2, 0.25) is 17.7 Å². The zero-order valence-corrected chi connectivity index (χ0v) is 35.2. The molecule has 4 aromatic rings. The van der Waals surface area contributed by atoms with Crippen molar-refractivity contribution in [1.29, 1.82) is 0 Å². The molecule has 16 nitrogen and oxygen atoms in total. The summed E-state index contributed by atoms with van der Waals surface area (Å²) in [7, 11) is 1.88. The first-order valence-corrected chi connectivity index (χ1v) is 20.9. The lowest BCUT2D eigenvalue weighted by Gasteiger charge is -2.56. The zero-order chi connectivity index (χ0) is 42.1. The number of phenolic OH excluding ortho intramolecular Hbond substituents is 1. The van der Waals surface area contributed by atoms with Gasteiger partial charge in [0.1, 0.15) is 29.5 Å². The highest BCUT2D eigenvalue weighted by molar-refractivity contribution is 5.91. The Morgan fingerprint density at radius 2 is 1.64 bits per heavy atom. The number of carbonyl (C=O) groups is 3. The number of nitrogens with one attached hydrogen (secondary N) is 3. The van der Waals surface area contributed by atoms with Crippen molar-refractivity contribution in [2.75, 3.05) is 5.73 Å². The molecular weight excluding hydrogens is 753 g/mol. The van der Waals surface area contributed by atoms with E-state index in [-0.39, 0.29) is 36.3 Å². The van der Waals surface area contributed by atoms with E-state index in [1.54, 1.807) is 56.2 Å². The molecule has 4 aliphatic carbocycles. The number of amides is 3. The van der Waals surface area contributed by atoms with Crippen molar-refractivity contribution in [3.8, 4) is 5.75 Å². The summed E-state index contributed by atoms with van der Waals surface area (Å²) >= 11 is 0. The molecule has 0 aliphatic heterocycles. The normalized spacial score (nSPS) is 22.4. The van der Waals surface area contributed by atoms with Crippen molar-refractivity contribution in [2.45, 2.75) is 136 Å². The van der Waals surface area contributed by atoms with Crippen molar-refractivity contribution >= 4 is 23.9 Å². The number of nitrogens with two attached hydrogens (primary N) is 1. The van der Waals surface area contributed by atoms with Crippen molar-refractivity contribution in [3.05, 3.63) is 71.1 Å². The van der Waals surface area contributed by atoms with E-state index in [1.807, 2.05) is 31.7 Å². The van der Waals surface area contributed by atoms with E-state index in [4.69, 9.17) is 20.0 Å². The van der Waals surface area contributed by atoms with Crippen LogP contribution in [0.15, 0.2) is 41.6 Å². The summed E-state index contributed by atoms with van der Waals surface area (Å²) < 4.78 is 15.1. The molecule has 1 aromatic carbocycles. The second-order valence-electron chi connectivity index (χ2n) is 18.6. The minimum absolute atomic E-state index is 0.0949. The number of phenols is 1. The van der Waals surface area contributed by atoms with Crippen LogP contribution in [0.4, 0.5) is 10.7 Å². The summed E-state index contributed by atoms with van der Waals surface area (Å²) in [5.41, 5.74) is 8.38. The van der Waals surface area contributed by atoms with Crippen molar-refractivity contribution in [1.82, 2.24) is 45.2 Å². The Labute approximate surface area is 345 Å². The zero-order valence-electron chi connectivity index (χ0n) is 35.2. The highest BCUT2D eigenvalue weighted by Gasteiger charge is 2.51. The van der Waals surface area contributed by atoms with E-state index >= 15 is 0 Å². The van der Waals surface area contributed by atoms with Gasteiger partial charge in [-0.05, 0) is 138 Å². The number of benzene rings is 1. The SMILES string of the molecule is Cc1cc(O)cc(C)c1C[C@H](NC(=O)[C@@H](CCCn1ccnc1N)NC(=O)OC(C)(C)C)C(=O)N[C@@H](Cc1cn(C)cn1)c1nc(CC23CC4CC(CC(C4)C2)C3)no1. The summed E-state index contributed by atoms with van der Waals surface area (Å²) in [5.74, 6) is 2.65. The van der Waals surface area contributed by atoms with Gasteiger partial charge < -0.3 is 45.2 Å². The molecule has 6 N–H and O–H groups in total. The number of aromatic nitrogens is 6. The molecule has 3 aromatic heterocycles. The molecule has 0 radical (unpaired) electrons. The van der Waals surface area contributed by atoms with E-state index in [2.05, 4.69) is 31.1 Å². The number of ether oxygens (including phenoxy) is 1. The second kappa shape index (κ2) is 17.1. The largest absolute Gasteiger partial charge is 0.508 e. The maximum atomic E-state index is 14.7. The Kier molecular flexibility index (Phi) is 12.1. The number of aryl methyl sites for hydroxylation is 4. The first-order valence-electron chi connectivity index (χ1n) is 20.9. The van der Waals surface area contributed by atoms with Gasteiger partial charge in [-0.1, -0.05) is 5.16 Å². The number of rotatable bonds is 16. The number of hydrogen-bond acceptors (Lipinski definition) is 11. The minimum Gasteiger partial charge on any atom is -0.508 e. The fourth-order valence-corrected chi connectivity index (χ4v) is 10.3. The fraction of sp³-hybridized carbons (Fsp3) is 0.605. The molecule has 4 bridgehead atoms. The van der Waals surface area contributed by atoms with E-state index < -0.39 is 41.6 Å². The van der Waals surface area contributed by atoms with E-state index in [9.17, 15) is 19.5 Å². The van der Waals surface area contributed by atoms with Crippen molar-refractivity contribution < 1.29 is 28.8 Å². The summed E-state index contributed by atoms with van der Waals surface area (Å²) in [5, 5.41) is 23.6. The Bertz CT molecular complexity index is 2070. The quantitative estimate of drug-likeness (QED) is 0.0995. The maximum absolute atomic E-state index is 14.7. The molecule has 3 heterocycles. The Hall–Kier alpha value is -5.41. The van der Waals surface area contributed by atoms with Gasteiger partial charge in [-0.3, -0.25) is 9.59 Å². The Morgan fingerprint density at radius 1 is 0.983 bits per heavy atom. The molecule has 3 atom stereocenters. The third kappa shape index (κ3) is 10.4. The maximum Gasteiger partial charge on any atom is 0.408 e. The van der Waals surface area contributed by atoms with Gasteiger partial charge in [0.15, 0.2) is 11.8 Å². The molecule has 318 valence electrons. The standard InChI is InChI=1S/C43H60N10O6/c1-25-12-31(54)13-26(2)32(25)18-34(47-37(55)33(49-41(57)58-42(3,4)5)8-7-10-53-11-9-45-40(53)44)38(56)48-35(17-30-23-52(6)24-46-30)39-50-36(51-59-39)22-43-19-27-14-28(20-43)16-29(15-27)21-43/h9,11-13,23-24,27-29,33-35,54H,7-8,10,14-22H2,1-6H3,(H2,44,45)(H,47,55)(H,48,56)(H,49,57)/t27?,28?,29?,33-,34+,35+,43?/m1/s1. The third-order valence-corrected chi connectivity index (χ3v) is 12.3. The molecule has 4 fully saturated rings. The van der Waals surface area contributed by atoms with E-state index in [1.165, 1.54) is 38.5 Å². The topological polar surface area (TPSA) is 217 Å². The summed E-state index contributed by atoms with van der Waals surface area (Å²) in [6.07, 6.45) is 15.6. The van der Waals surface area contributed by atoms with E-state index in [0.717, 1.165) is 40.9 Å². The van der Waals surface area contributed by atoms with Crippen LogP contribution >= 0.6 is 0 Å². The predicted molar refractivity (Wildman–Crippen MR) is 219 cm³/mol. The van der Waals surface area contributed by atoms with Crippen LogP contribution in [-0.2, 0) is 47.2 Å². The lowest BCUT2D eigenvalue weighted by Crippen LogP contribution is -2.55. The van der Waals surface area contributed by atoms with Crippen LogP contribution in [0.2, 0.25) is 0 Å². The third-order valence-electron chi connectivity index (χ3n) is 12.3. The van der Waals surface area contributed by atoms with Crippen LogP contribution in [0, 0.1) is 37.0 Å². The smallest absolute Gasteiger partial charge is 0.408 e. The van der Waals surface area contributed by atoms with Crippen LogP contribution in [0.25, 0.3) is 0 Å². The van der Waals surface area contributed by atoms with Gasteiger partial charge in [-0.15, -0.1) is 0 Å². The van der Waals surface area contributed by atoms with Gasteiger partial charge in [0.25, 0.3) is 0 Å². The fourth-order valence-electron chi connectivity index (χ4n) is 10.3. The van der Waals surface area contributed by atoms with Crippen LogP contribution in [0.5, 0.6) is 5.75 Å². The summed E-state index contributed by atoms with van der Waals surface area (Å²) in [6.45, 7) is 9.36. The number of anilines is 1. The van der Waals surface area contributed by atoms with Crippen molar-refractivity contribution in [2.24, 2.45) is 30.2 Å². The molecule has 0 spiro atoms. The monoisotopic (exact) mass is 812 g/mol. The second-order valence-corrected chi connectivity index (χ2v) is 18.6. The number of alkyl carbamates (subject to hydrolysis) is 1. The molecule has 59 heavy (non-hydrogen) atoms. The lowest BCUT2D eigenvalue weighted by molar-refractivity contribution is -0.130. The van der Waals surface area contributed by atoms with Gasteiger partial charge in [-0.2, -0.15) is 4.98 Å². The van der Waals surface area contributed by atoms with Crippen molar-refractivity contribution in [3.63, 3.8) is 0 Å². The number of nitrogens with zero attached hydrogens (tertiary/aromatic N) is 6. The number of nitrogen functional groups attached to an aromatic ring is 1. The van der Waals surface area contributed by atoms with Gasteiger partial charge in [0.05, 0.1) is 12.0 Å². The van der Waals surface area contributed by atoms with Gasteiger partial charge >= 0.3 is 6.09 Å². The molecule has 0 unspecified atom stereocenters. The highest BCUT2D eigenvalue weighted by Crippen LogP contribution is 2.61. The number of hydrogen-bond donors (Lipinski definition) is 5. The van der Waals surface area contributed by atoms with Gasteiger partial charge in [0, 0.05) is 51.4 Å². The Morgan fingerprint density at radius 3 is 2.24 bits per heavy atom. The van der Waals surface area contributed by atoms with Crippen LogP contribution in [-0.4, -0.2) is 69.9 Å². The van der Waals surface area contributed by atoms with Crippen LogP contribution in [0.1, 0.15) is 112 Å². The summed E-state index contributed by atoms with van der Waals surface area (Å²) in [4.78, 5) is 55.5. The Balaban J connectivity index is 1.14. The lowest BCUT2D eigenvalue weighted by atomic mass is 9.49. The first-order chi connectivity index (χ1) is 28.0. The van der Waals surface area contributed by atoms with Crippen LogP contribution in [0.3, 0.4) is 0 Å². The molecule has 4 aliphatic rings. The predicted octanol–water partition coefficient (Wildman–Crippen LogP) is 5.16. The molecule has 0 saturated heterocycles. The molecular formula is C43H60N10O6. The molecule has 3 amide bonds. The summed E-state index contributed by atoms with van der Waals surface area (Å²) in [6, 6.07) is 0.326.